The average Bonchev–Trinajstić information content (AvgIpc) is 2.74. The van der Waals surface area contributed by atoms with Gasteiger partial charge in [-0.1, -0.05) is 0 Å². The number of nitrogens with zero attached hydrogens (tertiary/aromatic N) is 5. The number of hydrogen-bond acceptors (Lipinski definition) is 9. The number of halogens is 2. The van der Waals surface area contributed by atoms with Crippen LogP contribution in [-0.4, -0.2) is 84.5 Å². The quantitative estimate of drug-likeness (QED) is 0.753. The summed E-state index contributed by atoms with van der Waals surface area (Å²) < 4.78 is 38.0. The molecule has 3 N–H and O–H groups in total. The van der Waals surface area contributed by atoms with E-state index in [0.29, 0.717) is 58.3 Å². The van der Waals surface area contributed by atoms with Gasteiger partial charge < -0.3 is 25.4 Å². The molecule has 0 aromatic carbocycles. The zero-order valence-electron chi connectivity index (χ0n) is 15.4. The van der Waals surface area contributed by atoms with Crippen molar-refractivity contribution in [1.82, 2.24) is 25.1 Å². The third-order valence-corrected chi connectivity index (χ3v) is 4.87. The summed E-state index contributed by atoms with van der Waals surface area (Å²) in [6.07, 6.45) is -0.0509. The SMILES string of the molecule is Nc1ncc(C2=CC(N3CCOCC3)=NC(N3CCOCC3)N2)c(C(F)F)n1. The van der Waals surface area contributed by atoms with Crippen molar-refractivity contribution in [2.75, 3.05) is 58.3 Å². The van der Waals surface area contributed by atoms with Gasteiger partial charge in [0.15, 0.2) is 6.29 Å². The first-order valence-corrected chi connectivity index (χ1v) is 9.23. The van der Waals surface area contributed by atoms with Crippen LogP contribution >= 0.6 is 0 Å². The molecule has 0 saturated carbocycles. The van der Waals surface area contributed by atoms with Crippen LogP contribution in [0.3, 0.4) is 0 Å². The number of rotatable bonds is 3. The van der Waals surface area contributed by atoms with Crippen LogP contribution < -0.4 is 11.1 Å². The zero-order chi connectivity index (χ0) is 19.5. The Hall–Kier alpha value is -2.37. The standard InChI is InChI=1S/C17H23F2N7O2/c18-15(19)14-11(10-21-16(20)24-14)12-9-13(25-1-5-27-6-2-25)23-17(22-12)26-3-7-28-8-4-26/h9-10,15,17,22H,1-8H2,(H2,20,21,24). The number of amidine groups is 1. The largest absolute Gasteiger partial charge is 0.379 e. The minimum atomic E-state index is -2.77. The number of alkyl halides is 2. The van der Waals surface area contributed by atoms with E-state index >= 15 is 0 Å². The van der Waals surface area contributed by atoms with Gasteiger partial charge in [-0.2, -0.15) is 0 Å². The van der Waals surface area contributed by atoms with E-state index in [1.54, 1.807) is 6.08 Å². The van der Waals surface area contributed by atoms with Gasteiger partial charge in [-0.05, 0) is 0 Å². The number of ether oxygens (including phenoxy) is 2. The number of nitrogens with two attached hydrogens (primary N) is 1. The van der Waals surface area contributed by atoms with Crippen LogP contribution in [0.5, 0.6) is 0 Å². The van der Waals surface area contributed by atoms with E-state index in [0.717, 1.165) is 5.84 Å². The molecule has 0 amide bonds. The minimum Gasteiger partial charge on any atom is -0.379 e. The number of anilines is 1. The molecule has 3 aliphatic rings. The topological polar surface area (TPSA) is 101 Å². The van der Waals surface area contributed by atoms with Gasteiger partial charge in [0.25, 0.3) is 6.43 Å². The Kier molecular flexibility index (Phi) is 5.64. The van der Waals surface area contributed by atoms with E-state index in [1.807, 2.05) is 0 Å². The van der Waals surface area contributed by atoms with E-state index < -0.39 is 12.1 Å². The van der Waals surface area contributed by atoms with Crippen LogP contribution in [0.4, 0.5) is 14.7 Å². The molecule has 1 unspecified atom stereocenters. The van der Waals surface area contributed by atoms with E-state index in [9.17, 15) is 8.78 Å². The maximum atomic E-state index is 13.6. The predicted molar refractivity (Wildman–Crippen MR) is 98.5 cm³/mol. The Morgan fingerprint density at radius 2 is 1.79 bits per heavy atom. The van der Waals surface area contributed by atoms with E-state index in [-0.39, 0.29) is 17.8 Å². The first kappa shape index (κ1) is 19.0. The maximum absolute atomic E-state index is 13.6. The van der Waals surface area contributed by atoms with Crippen LogP contribution in [0.1, 0.15) is 17.7 Å². The Morgan fingerprint density at radius 3 is 2.46 bits per heavy atom. The number of hydrogen-bond donors (Lipinski definition) is 2. The molecule has 0 aliphatic carbocycles. The monoisotopic (exact) mass is 395 g/mol. The molecule has 9 nitrogen and oxygen atoms in total. The molecular formula is C17H23F2N7O2. The van der Waals surface area contributed by atoms with Crippen molar-refractivity contribution >= 4 is 17.5 Å². The molecule has 1 aromatic rings. The molecule has 3 aliphatic heterocycles. The summed E-state index contributed by atoms with van der Waals surface area (Å²) in [5.74, 6) is 0.549. The Bertz CT molecular complexity index is 762. The third kappa shape index (κ3) is 4.05. The third-order valence-electron chi connectivity index (χ3n) is 4.87. The van der Waals surface area contributed by atoms with Gasteiger partial charge in [0.05, 0.1) is 32.1 Å². The summed E-state index contributed by atoms with van der Waals surface area (Å²) in [7, 11) is 0. The number of aromatic nitrogens is 2. The molecular weight excluding hydrogens is 372 g/mol. The highest BCUT2D eigenvalue weighted by molar-refractivity contribution is 6.00. The molecule has 1 aromatic heterocycles. The van der Waals surface area contributed by atoms with Gasteiger partial charge >= 0.3 is 0 Å². The summed E-state index contributed by atoms with van der Waals surface area (Å²) in [5, 5.41) is 3.26. The first-order valence-electron chi connectivity index (χ1n) is 9.23. The second-order valence-electron chi connectivity index (χ2n) is 6.64. The van der Waals surface area contributed by atoms with Gasteiger partial charge in [0.2, 0.25) is 5.95 Å². The lowest BCUT2D eigenvalue weighted by molar-refractivity contribution is 0.0136. The fourth-order valence-electron chi connectivity index (χ4n) is 3.40. The van der Waals surface area contributed by atoms with Gasteiger partial charge in [0.1, 0.15) is 11.5 Å². The van der Waals surface area contributed by atoms with E-state index in [2.05, 4.69) is 25.1 Å². The van der Waals surface area contributed by atoms with Gasteiger partial charge in [0, 0.05) is 44.0 Å². The van der Waals surface area contributed by atoms with Gasteiger partial charge in [-0.25, -0.2) is 23.7 Å². The summed E-state index contributed by atoms with van der Waals surface area (Å²) in [6, 6.07) is 0. The van der Waals surface area contributed by atoms with Crippen molar-refractivity contribution in [3.05, 3.63) is 23.5 Å². The van der Waals surface area contributed by atoms with E-state index in [4.69, 9.17) is 20.2 Å². The van der Waals surface area contributed by atoms with E-state index in [1.165, 1.54) is 6.20 Å². The highest BCUT2D eigenvalue weighted by atomic mass is 19.3. The Labute approximate surface area is 161 Å². The van der Waals surface area contributed by atoms with Crippen molar-refractivity contribution < 1.29 is 18.3 Å². The normalized spacial score (nSPS) is 24.0. The zero-order valence-corrected chi connectivity index (χ0v) is 15.4. The Morgan fingerprint density at radius 1 is 1.11 bits per heavy atom. The van der Waals surface area contributed by atoms with Gasteiger partial charge in [-0.3, -0.25) is 4.90 Å². The van der Waals surface area contributed by atoms with Crippen LogP contribution in [0.2, 0.25) is 0 Å². The second kappa shape index (κ2) is 8.33. The molecule has 2 fully saturated rings. The first-order chi connectivity index (χ1) is 13.6. The number of nitrogens with one attached hydrogen (secondary N) is 1. The fraction of sp³-hybridized carbons (Fsp3) is 0.588. The summed E-state index contributed by atoms with van der Waals surface area (Å²) in [6.45, 7) is 5.20. The van der Waals surface area contributed by atoms with Gasteiger partial charge in [-0.15, -0.1) is 0 Å². The van der Waals surface area contributed by atoms with Crippen LogP contribution in [-0.2, 0) is 9.47 Å². The predicted octanol–water partition coefficient (Wildman–Crippen LogP) is 0.287. The molecule has 4 heterocycles. The Balaban J connectivity index is 1.69. The van der Waals surface area contributed by atoms with Crippen LogP contribution in [0, 0.1) is 0 Å². The van der Waals surface area contributed by atoms with Crippen LogP contribution in [0.25, 0.3) is 5.70 Å². The van der Waals surface area contributed by atoms with Crippen molar-refractivity contribution in [1.29, 1.82) is 0 Å². The number of aliphatic imine (C=N–C) groups is 1. The summed E-state index contributed by atoms with van der Waals surface area (Å²) >= 11 is 0. The molecule has 11 heteroatoms. The minimum absolute atomic E-state index is 0.178. The molecule has 28 heavy (non-hydrogen) atoms. The molecule has 0 spiro atoms. The lowest BCUT2D eigenvalue weighted by Gasteiger charge is -2.38. The number of morpholine rings is 2. The van der Waals surface area contributed by atoms with Crippen molar-refractivity contribution in [2.45, 2.75) is 12.7 Å². The molecule has 152 valence electrons. The number of nitrogen functional groups attached to an aromatic ring is 1. The maximum Gasteiger partial charge on any atom is 0.281 e. The summed E-state index contributed by atoms with van der Waals surface area (Å²) in [4.78, 5) is 16.7. The lowest BCUT2D eigenvalue weighted by Crippen LogP contribution is -2.52. The highest BCUT2D eigenvalue weighted by Crippen LogP contribution is 2.28. The van der Waals surface area contributed by atoms with Crippen LogP contribution in [0.15, 0.2) is 17.3 Å². The lowest BCUT2D eigenvalue weighted by atomic mass is 10.1. The second-order valence-corrected chi connectivity index (χ2v) is 6.64. The van der Waals surface area contributed by atoms with Crippen molar-refractivity contribution in [3.8, 4) is 0 Å². The molecule has 1 atom stereocenters. The molecule has 0 bridgehead atoms. The molecule has 0 radical (unpaired) electrons. The highest BCUT2D eigenvalue weighted by Gasteiger charge is 2.29. The summed E-state index contributed by atoms with van der Waals surface area (Å²) in [5.41, 5.74) is 5.85. The van der Waals surface area contributed by atoms with Crippen molar-refractivity contribution in [2.24, 2.45) is 4.99 Å². The average molecular weight is 395 g/mol. The fourth-order valence-corrected chi connectivity index (χ4v) is 3.40. The molecule has 4 rings (SSSR count). The molecule has 2 saturated heterocycles. The van der Waals surface area contributed by atoms with Crippen molar-refractivity contribution in [3.63, 3.8) is 0 Å². The smallest absolute Gasteiger partial charge is 0.281 e.